The molecule has 0 unspecified atom stereocenters. The van der Waals surface area contributed by atoms with Gasteiger partial charge in [-0.3, -0.25) is 4.98 Å². The zero-order valence-corrected chi connectivity index (χ0v) is 16.5. The van der Waals surface area contributed by atoms with Crippen molar-refractivity contribution in [2.45, 2.75) is 39.2 Å². The molecule has 4 heteroatoms. The Bertz CT molecular complexity index is 916. The third-order valence-electron chi connectivity index (χ3n) is 5.15. The summed E-state index contributed by atoms with van der Waals surface area (Å²) in [6.45, 7) is 4.86. The highest BCUT2D eigenvalue weighted by molar-refractivity contribution is 6.30. The van der Waals surface area contributed by atoms with Gasteiger partial charge < -0.3 is 9.64 Å². The quantitative estimate of drug-likeness (QED) is 0.542. The highest BCUT2D eigenvalue weighted by Gasteiger charge is 2.14. The lowest BCUT2D eigenvalue weighted by atomic mass is 10.1. The van der Waals surface area contributed by atoms with Crippen molar-refractivity contribution in [3.8, 4) is 5.75 Å². The van der Waals surface area contributed by atoms with Gasteiger partial charge >= 0.3 is 0 Å². The lowest BCUT2D eigenvalue weighted by Crippen LogP contribution is -2.24. The van der Waals surface area contributed by atoms with Crippen molar-refractivity contribution in [2.75, 3.05) is 18.0 Å². The van der Waals surface area contributed by atoms with Crippen LogP contribution in [0.2, 0.25) is 5.02 Å². The first-order valence-electron chi connectivity index (χ1n) is 9.73. The molecular weight excluding hydrogens is 356 g/mol. The third kappa shape index (κ3) is 4.36. The number of hydrogen-bond donors (Lipinski definition) is 0. The number of rotatable bonds is 4. The van der Waals surface area contributed by atoms with Crippen LogP contribution in [0.15, 0.2) is 48.5 Å². The van der Waals surface area contributed by atoms with Crippen LogP contribution >= 0.6 is 11.6 Å². The Kier molecular flexibility index (Phi) is 5.49. The molecule has 2 heterocycles. The summed E-state index contributed by atoms with van der Waals surface area (Å²) in [5, 5.41) is 1.95. The number of aryl methyl sites for hydroxylation is 1. The first kappa shape index (κ1) is 18.1. The van der Waals surface area contributed by atoms with Gasteiger partial charge in [-0.1, -0.05) is 36.6 Å². The van der Waals surface area contributed by atoms with E-state index in [-0.39, 0.29) is 0 Å². The van der Waals surface area contributed by atoms with Crippen molar-refractivity contribution >= 4 is 28.2 Å². The normalized spacial score (nSPS) is 15.0. The number of nitrogens with zero attached hydrogens (tertiary/aromatic N) is 2. The third-order valence-corrected chi connectivity index (χ3v) is 5.41. The van der Waals surface area contributed by atoms with Crippen LogP contribution in [0.5, 0.6) is 5.75 Å². The molecule has 0 aliphatic carbocycles. The van der Waals surface area contributed by atoms with E-state index in [0.29, 0.717) is 6.61 Å². The van der Waals surface area contributed by atoms with E-state index in [1.807, 2.05) is 24.3 Å². The number of halogens is 1. The number of anilines is 1. The molecule has 3 nitrogen and oxygen atoms in total. The molecule has 1 aliphatic rings. The summed E-state index contributed by atoms with van der Waals surface area (Å²) in [5.41, 5.74) is 4.46. The van der Waals surface area contributed by atoms with E-state index < -0.39 is 0 Å². The highest BCUT2D eigenvalue weighted by Crippen LogP contribution is 2.31. The van der Waals surface area contributed by atoms with Crippen LogP contribution in [0.3, 0.4) is 0 Å². The van der Waals surface area contributed by atoms with Crippen LogP contribution in [-0.4, -0.2) is 18.1 Å². The van der Waals surface area contributed by atoms with Crippen LogP contribution in [-0.2, 0) is 6.61 Å². The Hall–Kier alpha value is -2.26. The molecule has 1 aliphatic heterocycles. The summed E-state index contributed by atoms with van der Waals surface area (Å²) in [7, 11) is 0. The van der Waals surface area contributed by atoms with Gasteiger partial charge in [0.2, 0.25) is 0 Å². The van der Waals surface area contributed by atoms with E-state index >= 15 is 0 Å². The fraction of sp³-hybridized carbons (Fsp3) is 0.348. The Balaban J connectivity index is 1.59. The predicted molar refractivity (Wildman–Crippen MR) is 113 cm³/mol. The highest BCUT2D eigenvalue weighted by atomic mass is 35.5. The van der Waals surface area contributed by atoms with Gasteiger partial charge in [-0.05, 0) is 55.7 Å². The molecule has 1 saturated heterocycles. The van der Waals surface area contributed by atoms with Gasteiger partial charge in [-0.2, -0.15) is 0 Å². The van der Waals surface area contributed by atoms with Crippen LogP contribution < -0.4 is 9.64 Å². The molecule has 0 bridgehead atoms. The van der Waals surface area contributed by atoms with Crippen LogP contribution in [0.4, 0.5) is 5.69 Å². The van der Waals surface area contributed by atoms with Gasteiger partial charge in [0.15, 0.2) is 0 Å². The van der Waals surface area contributed by atoms with E-state index in [2.05, 4.69) is 36.1 Å². The second kappa shape index (κ2) is 8.18. The van der Waals surface area contributed by atoms with Gasteiger partial charge in [0.25, 0.3) is 0 Å². The summed E-state index contributed by atoms with van der Waals surface area (Å²) >= 11 is 5.94. The monoisotopic (exact) mass is 380 g/mol. The summed E-state index contributed by atoms with van der Waals surface area (Å²) < 4.78 is 5.99. The van der Waals surface area contributed by atoms with E-state index in [9.17, 15) is 0 Å². The van der Waals surface area contributed by atoms with Crippen molar-refractivity contribution in [1.29, 1.82) is 0 Å². The maximum Gasteiger partial charge on any atom is 0.122 e. The lowest BCUT2D eigenvalue weighted by molar-refractivity contribution is 0.306. The number of benzene rings is 2. The maximum atomic E-state index is 5.99. The van der Waals surface area contributed by atoms with Crippen LogP contribution in [0.1, 0.15) is 36.9 Å². The average molecular weight is 381 g/mol. The number of aromatic nitrogens is 1. The molecule has 3 aromatic rings. The molecule has 1 fully saturated rings. The molecule has 4 rings (SSSR count). The number of pyridine rings is 1. The largest absolute Gasteiger partial charge is 0.489 e. The molecular formula is C23H25ClN2O. The minimum absolute atomic E-state index is 0.521. The van der Waals surface area contributed by atoms with Gasteiger partial charge in [0, 0.05) is 40.9 Å². The number of hydrogen-bond acceptors (Lipinski definition) is 3. The standard InChI is InChI=1S/C23H25ClN2O/c1-17-14-23(26-12-4-2-3-5-13-26)21-11-10-20(15-22(21)25-17)27-16-18-6-8-19(24)9-7-18/h6-11,14-15H,2-5,12-13,16H2,1H3. The van der Waals surface area contributed by atoms with E-state index in [1.54, 1.807) is 0 Å². The second-order valence-electron chi connectivity index (χ2n) is 7.28. The second-order valence-corrected chi connectivity index (χ2v) is 7.71. The van der Waals surface area contributed by atoms with E-state index in [4.69, 9.17) is 21.3 Å². The van der Waals surface area contributed by atoms with Crippen molar-refractivity contribution in [1.82, 2.24) is 4.98 Å². The Morgan fingerprint density at radius 1 is 0.963 bits per heavy atom. The van der Waals surface area contributed by atoms with Gasteiger partial charge in [-0.15, -0.1) is 0 Å². The van der Waals surface area contributed by atoms with Gasteiger partial charge in [0.05, 0.1) is 5.52 Å². The lowest BCUT2D eigenvalue weighted by Gasteiger charge is -2.24. The first-order chi connectivity index (χ1) is 13.2. The molecule has 2 aromatic carbocycles. The van der Waals surface area contributed by atoms with Crippen molar-refractivity contribution in [2.24, 2.45) is 0 Å². The maximum absolute atomic E-state index is 5.99. The summed E-state index contributed by atoms with van der Waals surface area (Å²) in [6, 6.07) is 16.2. The molecule has 0 N–H and O–H groups in total. The smallest absolute Gasteiger partial charge is 0.122 e. The Labute approximate surface area is 165 Å². The minimum atomic E-state index is 0.521. The zero-order chi connectivity index (χ0) is 18.6. The van der Waals surface area contributed by atoms with Crippen LogP contribution in [0, 0.1) is 6.92 Å². The van der Waals surface area contributed by atoms with E-state index in [0.717, 1.165) is 40.6 Å². The van der Waals surface area contributed by atoms with Crippen molar-refractivity contribution in [3.63, 3.8) is 0 Å². The zero-order valence-electron chi connectivity index (χ0n) is 15.7. The number of ether oxygens (including phenoxy) is 1. The van der Waals surface area contributed by atoms with Gasteiger partial charge in [-0.25, -0.2) is 0 Å². The minimum Gasteiger partial charge on any atom is -0.489 e. The molecule has 0 radical (unpaired) electrons. The Morgan fingerprint density at radius 2 is 1.70 bits per heavy atom. The molecule has 27 heavy (non-hydrogen) atoms. The average Bonchev–Trinajstić information content (AvgIpc) is 2.96. The summed E-state index contributed by atoms with van der Waals surface area (Å²) in [5.74, 6) is 0.845. The molecule has 0 atom stereocenters. The summed E-state index contributed by atoms with van der Waals surface area (Å²) in [6.07, 6.45) is 5.21. The number of fused-ring (bicyclic) bond motifs is 1. The fourth-order valence-corrected chi connectivity index (χ4v) is 3.85. The SMILES string of the molecule is Cc1cc(N2CCCCCC2)c2ccc(OCc3ccc(Cl)cc3)cc2n1. The van der Waals surface area contributed by atoms with E-state index in [1.165, 1.54) is 36.8 Å². The van der Waals surface area contributed by atoms with Gasteiger partial charge in [0.1, 0.15) is 12.4 Å². The van der Waals surface area contributed by atoms with Crippen molar-refractivity contribution in [3.05, 3.63) is 64.8 Å². The first-order valence-corrected chi connectivity index (χ1v) is 10.1. The molecule has 0 spiro atoms. The fourth-order valence-electron chi connectivity index (χ4n) is 3.73. The van der Waals surface area contributed by atoms with Crippen molar-refractivity contribution < 1.29 is 4.74 Å². The summed E-state index contributed by atoms with van der Waals surface area (Å²) in [4.78, 5) is 7.28. The topological polar surface area (TPSA) is 25.4 Å². The molecule has 1 aromatic heterocycles. The predicted octanol–water partition coefficient (Wildman–Crippen LogP) is 6.16. The molecule has 0 saturated carbocycles. The molecule has 0 amide bonds. The molecule has 140 valence electrons. The van der Waals surface area contributed by atoms with Crippen LogP contribution in [0.25, 0.3) is 10.9 Å². The Morgan fingerprint density at radius 3 is 2.44 bits per heavy atom.